The molecule has 0 saturated carbocycles. The molecule has 0 bridgehead atoms. The van der Waals surface area contributed by atoms with Crippen molar-refractivity contribution in [1.82, 2.24) is 10.6 Å². The van der Waals surface area contributed by atoms with Crippen molar-refractivity contribution < 1.29 is 9.59 Å². The summed E-state index contributed by atoms with van der Waals surface area (Å²) >= 11 is 3.31. The molecule has 92 valence electrons. The molecular formula is C12H15BrN2O2. The summed E-state index contributed by atoms with van der Waals surface area (Å²) < 4.78 is 0.759. The Balaban J connectivity index is 2.36. The van der Waals surface area contributed by atoms with Crippen molar-refractivity contribution in [3.05, 3.63) is 34.3 Å². The number of rotatable bonds is 5. The Bertz CT molecular complexity index is 407. The van der Waals surface area contributed by atoms with Gasteiger partial charge in [-0.15, -0.1) is 0 Å². The van der Waals surface area contributed by atoms with E-state index in [-0.39, 0.29) is 11.8 Å². The average Bonchev–Trinajstić information content (AvgIpc) is 2.34. The lowest BCUT2D eigenvalue weighted by molar-refractivity contribution is -0.120. The van der Waals surface area contributed by atoms with Gasteiger partial charge in [0, 0.05) is 24.0 Å². The minimum atomic E-state index is -0.150. The quantitative estimate of drug-likeness (QED) is 0.813. The van der Waals surface area contributed by atoms with Crippen molar-refractivity contribution in [3.8, 4) is 0 Å². The van der Waals surface area contributed by atoms with Crippen molar-refractivity contribution in [2.45, 2.75) is 13.3 Å². The van der Waals surface area contributed by atoms with Crippen molar-refractivity contribution in [2.75, 3.05) is 13.1 Å². The van der Waals surface area contributed by atoms with Gasteiger partial charge in [0.15, 0.2) is 0 Å². The van der Waals surface area contributed by atoms with Crippen LogP contribution in [-0.4, -0.2) is 24.9 Å². The van der Waals surface area contributed by atoms with Crippen molar-refractivity contribution in [1.29, 1.82) is 0 Å². The van der Waals surface area contributed by atoms with Crippen molar-refractivity contribution in [2.24, 2.45) is 0 Å². The van der Waals surface area contributed by atoms with Gasteiger partial charge in [-0.1, -0.05) is 19.1 Å². The molecule has 17 heavy (non-hydrogen) atoms. The number of hydrogen-bond acceptors (Lipinski definition) is 2. The topological polar surface area (TPSA) is 58.2 Å². The molecule has 0 radical (unpaired) electrons. The van der Waals surface area contributed by atoms with Crippen LogP contribution in [0.5, 0.6) is 0 Å². The maximum Gasteiger partial charge on any atom is 0.252 e. The van der Waals surface area contributed by atoms with Crippen LogP contribution in [-0.2, 0) is 4.79 Å². The molecule has 0 heterocycles. The van der Waals surface area contributed by atoms with Crippen LogP contribution in [0.2, 0.25) is 0 Å². The fourth-order valence-electron chi connectivity index (χ4n) is 1.24. The molecule has 0 aromatic heterocycles. The fraction of sp³-hybridized carbons (Fsp3) is 0.333. The summed E-state index contributed by atoms with van der Waals surface area (Å²) in [4.78, 5) is 22.7. The molecule has 1 aromatic carbocycles. The van der Waals surface area contributed by atoms with E-state index in [4.69, 9.17) is 0 Å². The summed E-state index contributed by atoms with van der Waals surface area (Å²) in [5, 5.41) is 5.42. The molecule has 1 aromatic rings. The van der Waals surface area contributed by atoms with Crippen LogP contribution in [0.4, 0.5) is 0 Å². The number of hydrogen-bond donors (Lipinski definition) is 2. The Kier molecular flexibility index (Phi) is 5.69. The van der Waals surface area contributed by atoms with E-state index in [1.54, 1.807) is 19.1 Å². The van der Waals surface area contributed by atoms with Crippen LogP contribution in [0.3, 0.4) is 0 Å². The molecule has 2 N–H and O–H groups in total. The largest absolute Gasteiger partial charge is 0.354 e. The first-order chi connectivity index (χ1) is 8.15. The molecule has 0 unspecified atom stereocenters. The third kappa shape index (κ3) is 4.56. The molecular weight excluding hydrogens is 284 g/mol. The fourth-order valence-corrected chi connectivity index (χ4v) is 1.71. The molecule has 0 aliphatic carbocycles. The average molecular weight is 299 g/mol. The van der Waals surface area contributed by atoms with E-state index in [1.807, 2.05) is 12.1 Å². The van der Waals surface area contributed by atoms with Crippen LogP contribution in [0, 0.1) is 0 Å². The zero-order valence-corrected chi connectivity index (χ0v) is 11.2. The zero-order chi connectivity index (χ0) is 12.7. The maximum atomic E-state index is 11.7. The molecule has 0 spiro atoms. The minimum Gasteiger partial charge on any atom is -0.354 e. The first-order valence-electron chi connectivity index (χ1n) is 5.44. The van der Waals surface area contributed by atoms with Crippen LogP contribution >= 0.6 is 15.9 Å². The molecule has 1 rings (SSSR count). The summed E-state index contributed by atoms with van der Waals surface area (Å²) in [7, 11) is 0. The van der Waals surface area contributed by atoms with E-state index >= 15 is 0 Å². The summed E-state index contributed by atoms with van der Waals surface area (Å²) in [6, 6.07) is 7.21. The number of halogens is 1. The highest BCUT2D eigenvalue weighted by molar-refractivity contribution is 9.10. The molecule has 0 aliphatic rings. The van der Waals surface area contributed by atoms with E-state index in [0.717, 1.165) is 4.47 Å². The van der Waals surface area contributed by atoms with E-state index < -0.39 is 0 Å². The van der Waals surface area contributed by atoms with E-state index in [1.165, 1.54) is 0 Å². The highest BCUT2D eigenvalue weighted by Crippen LogP contribution is 2.15. The van der Waals surface area contributed by atoms with Crippen molar-refractivity contribution >= 4 is 27.7 Å². The summed E-state index contributed by atoms with van der Waals surface area (Å²) in [5.74, 6) is -0.164. The lowest BCUT2D eigenvalue weighted by atomic mass is 10.2. The van der Waals surface area contributed by atoms with Gasteiger partial charge in [0.05, 0.1) is 5.56 Å². The Morgan fingerprint density at radius 2 is 1.82 bits per heavy atom. The lowest BCUT2D eigenvalue weighted by Gasteiger charge is -2.07. The van der Waals surface area contributed by atoms with Crippen LogP contribution in [0.25, 0.3) is 0 Å². The SMILES string of the molecule is CCC(=O)NCCNC(=O)c1ccccc1Br. The van der Waals surface area contributed by atoms with Crippen molar-refractivity contribution in [3.63, 3.8) is 0 Å². The second-order valence-corrected chi connectivity index (χ2v) is 4.29. The van der Waals surface area contributed by atoms with Gasteiger partial charge in [0.2, 0.25) is 5.91 Å². The normalized spacial score (nSPS) is 9.76. The minimum absolute atomic E-state index is 0.0138. The van der Waals surface area contributed by atoms with Gasteiger partial charge in [0.1, 0.15) is 0 Å². The molecule has 0 fully saturated rings. The van der Waals surface area contributed by atoms with Gasteiger partial charge >= 0.3 is 0 Å². The van der Waals surface area contributed by atoms with Gasteiger partial charge in [0.25, 0.3) is 5.91 Å². The Hall–Kier alpha value is -1.36. The maximum absolute atomic E-state index is 11.7. The van der Waals surface area contributed by atoms with Gasteiger partial charge in [-0.3, -0.25) is 9.59 Å². The third-order valence-electron chi connectivity index (χ3n) is 2.17. The summed E-state index contributed by atoms with van der Waals surface area (Å²) in [6.45, 7) is 2.66. The Morgan fingerprint density at radius 1 is 1.18 bits per heavy atom. The van der Waals surface area contributed by atoms with Crippen LogP contribution in [0.1, 0.15) is 23.7 Å². The molecule has 5 heteroatoms. The first-order valence-corrected chi connectivity index (χ1v) is 6.24. The van der Waals surface area contributed by atoms with Gasteiger partial charge < -0.3 is 10.6 Å². The van der Waals surface area contributed by atoms with Gasteiger partial charge in [-0.05, 0) is 28.1 Å². The highest BCUT2D eigenvalue weighted by Gasteiger charge is 2.07. The number of carbonyl (C=O) groups is 2. The number of amides is 2. The molecule has 4 nitrogen and oxygen atoms in total. The standard InChI is InChI=1S/C12H15BrN2O2/c1-2-11(16)14-7-8-15-12(17)9-5-3-4-6-10(9)13/h3-6H,2,7-8H2,1H3,(H,14,16)(H,15,17). The molecule has 0 saturated heterocycles. The summed E-state index contributed by atoms with van der Waals surface area (Å²) in [6.07, 6.45) is 0.457. The van der Waals surface area contributed by atoms with Crippen LogP contribution < -0.4 is 10.6 Å². The molecule has 2 amide bonds. The molecule has 0 atom stereocenters. The number of nitrogens with one attached hydrogen (secondary N) is 2. The third-order valence-corrected chi connectivity index (χ3v) is 2.86. The molecule has 0 aliphatic heterocycles. The Labute approximate surface area is 109 Å². The number of carbonyl (C=O) groups excluding carboxylic acids is 2. The van der Waals surface area contributed by atoms with Gasteiger partial charge in [-0.25, -0.2) is 0 Å². The lowest BCUT2D eigenvalue weighted by Crippen LogP contribution is -2.34. The first kappa shape index (κ1) is 13.7. The van der Waals surface area contributed by atoms with E-state index in [0.29, 0.717) is 25.1 Å². The van der Waals surface area contributed by atoms with Gasteiger partial charge in [-0.2, -0.15) is 0 Å². The summed E-state index contributed by atoms with van der Waals surface area (Å²) in [5.41, 5.74) is 0.592. The predicted molar refractivity (Wildman–Crippen MR) is 69.8 cm³/mol. The second kappa shape index (κ2) is 7.06. The van der Waals surface area contributed by atoms with Crippen LogP contribution in [0.15, 0.2) is 28.7 Å². The highest BCUT2D eigenvalue weighted by atomic mass is 79.9. The Morgan fingerprint density at radius 3 is 2.47 bits per heavy atom. The monoisotopic (exact) mass is 298 g/mol. The zero-order valence-electron chi connectivity index (χ0n) is 9.63. The predicted octanol–water partition coefficient (Wildman–Crippen LogP) is 1.71. The van der Waals surface area contributed by atoms with E-state index in [9.17, 15) is 9.59 Å². The second-order valence-electron chi connectivity index (χ2n) is 3.44. The van der Waals surface area contributed by atoms with E-state index in [2.05, 4.69) is 26.6 Å². The smallest absolute Gasteiger partial charge is 0.252 e. The number of benzene rings is 1.